The largest absolute Gasteiger partial charge is 0.310 e. The lowest BCUT2D eigenvalue weighted by molar-refractivity contribution is 0.519. The lowest BCUT2D eigenvalue weighted by Crippen LogP contribution is -2.24. The first-order chi connectivity index (χ1) is 10.1. The highest BCUT2D eigenvalue weighted by Crippen LogP contribution is 2.23. The molecule has 0 spiro atoms. The molecule has 0 aliphatic carbocycles. The molecule has 0 bridgehead atoms. The minimum absolute atomic E-state index is 0.0720. The summed E-state index contributed by atoms with van der Waals surface area (Å²) >= 11 is 3.20. The predicted octanol–water partition coefficient (Wildman–Crippen LogP) is 4.58. The van der Waals surface area contributed by atoms with Gasteiger partial charge in [-0.15, -0.1) is 0 Å². The molecule has 0 amide bonds. The smallest absolute Gasteiger partial charge is 0.137 e. The molecule has 0 saturated heterocycles. The number of hydrogen-bond donors (Lipinski definition) is 1. The predicted molar refractivity (Wildman–Crippen MR) is 87.8 cm³/mol. The third-order valence-electron chi connectivity index (χ3n) is 3.37. The summed E-state index contributed by atoms with van der Waals surface area (Å²) in [6.07, 6.45) is 3.66. The number of halogens is 2. The number of benzene rings is 1. The molecule has 0 fully saturated rings. The Kier molecular flexibility index (Phi) is 5.88. The summed E-state index contributed by atoms with van der Waals surface area (Å²) in [4.78, 5) is 4.45. The van der Waals surface area contributed by atoms with E-state index in [4.69, 9.17) is 0 Å². The average Bonchev–Trinajstić information content (AvgIpc) is 2.48. The van der Waals surface area contributed by atoms with Gasteiger partial charge in [-0.05, 0) is 65.1 Å². The summed E-state index contributed by atoms with van der Waals surface area (Å²) in [6, 6.07) is 9.46. The van der Waals surface area contributed by atoms with E-state index in [9.17, 15) is 4.39 Å². The van der Waals surface area contributed by atoms with Crippen LogP contribution in [0.5, 0.6) is 0 Å². The van der Waals surface area contributed by atoms with Crippen LogP contribution in [0.1, 0.15) is 36.2 Å². The Bertz CT molecular complexity index is 584. The van der Waals surface area contributed by atoms with Gasteiger partial charge in [-0.3, -0.25) is 4.98 Å². The second-order valence-electron chi connectivity index (χ2n) is 5.21. The fourth-order valence-electron chi connectivity index (χ4n) is 2.18. The number of rotatable bonds is 6. The van der Waals surface area contributed by atoms with Gasteiger partial charge in [0, 0.05) is 24.4 Å². The topological polar surface area (TPSA) is 24.9 Å². The van der Waals surface area contributed by atoms with Gasteiger partial charge in [0.2, 0.25) is 0 Å². The average molecular weight is 351 g/mol. The van der Waals surface area contributed by atoms with Crippen molar-refractivity contribution in [3.8, 4) is 0 Å². The standard InChI is InChI=1S/C17H20BrFN2/c1-3-8-20-17(10-14-6-4-12(2)11-21-14)13-5-7-15(18)16(19)9-13/h4-7,9,11,17,20H,3,8,10H2,1-2H3. The molecular formula is C17H20BrFN2. The Balaban J connectivity index is 2.20. The first-order valence-corrected chi connectivity index (χ1v) is 7.99. The highest BCUT2D eigenvalue weighted by Gasteiger charge is 2.14. The summed E-state index contributed by atoms with van der Waals surface area (Å²) in [6.45, 7) is 5.04. The molecule has 2 rings (SSSR count). The first kappa shape index (κ1) is 16.1. The van der Waals surface area contributed by atoms with E-state index in [1.54, 1.807) is 12.1 Å². The number of pyridine rings is 1. The summed E-state index contributed by atoms with van der Waals surface area (Å²) in [5, 5.41) is 3.47. The van der Waals surface area contributed by atoms with Crippen LogP contribution in [-0.4, -0.2) is 11.5 Å². The zero-order valence-corrected chi connectivity index (χ0v) is 14.0. The van der Waals surface area contributed by atoms with Crippen LogP contribution in [0.15, 0.2) is 41.0 Å². The minimum atomic E-state index is -0.229. The number of hydrogen-bond acceptors (Lipinski definition) is 2. The summed E-state index contributed by atoms with van der Waals surface area (Å²) in [7, 11) is 0. The van der Waals surface area contributed by atoms with Gasteiger partial charge in [-0.2, -0.15) is 0 Å². The van der Waals surface area contributed by atoms with Crippen molar-refractivity contribution in [1.82, 2.24) is 10.3 Å². The molecule has 2 nitrogen and oxygen atoms in total. The van der Waals surface area contributed by atoms with Crippen molar-refractivity contribution in [3.63, 3.8) is 0 Å². The maximum Gasteiger partial charge on any atom is 0.137 e. The van der Waals surface area contributed by atoms with Gasteiger partial charge in [0.1, 0.15) is 5.82 Å². The van der Waals surface area contributed by atoms with Gasteiger partial charge in [0.05, 0.1) is 4.47 Å². The van der Waals surface area contributed by atoms with E-state index in [0.717, 1.165) is 36.2 Å². The lowest BCUT2D eigenvalue weighted by Gasteiger charge is -2.19. The van der Waals surface area contributed by atoms with Crippen molar-refractivity contribution < 1.29 is 4.39 Å². The van der Waals surface area contributed by atoms with Crippen molar-refractivity contribution in [2.24, 2.45) is 0 Å². The van der Waals surface area contributed by atoms with Crippen molar-refractivity contribution in [2.75, 3.05) is 6.54 Å². The molecular weight excluding hydrogens is 331 g/mol. The normalized spacial score (nSPS) is 12.4. The van der Waals surface area contributed by atoms with Crippen LogP contribution in [0.25, 0.3) is 0 Å². The van der Waals surface area contributed by atoms with Gasteiger partial charge in [0.15, 0.2) is 0 Å². The Labute approximate surface area is 133 Å². The SMILES string of the molecule is CCCNC(Cc1ccc(C)cn1)c1ccc(Br)c(F)c1. The van der Waals surface area contributed by atoms with Crippen molar-refractivity contribution >= 4 is 15.9 Å². The molecule has 21 heavy (non-hydrogen) atoms. The molecule has 0 radical (unpaired) electrons. The van der Waals surface area contributed by atoms with Crippen LogP contribution >= 0.6 is 15.9 Å². The number of nitrogens with one attached hydrogen (secondary N) is 1. The molecule has 0 aliphatic rings. The molecule has 2 aromatic rings. The second-order valence-corrected chi connectivity index (χ2v) is 6.07. The zero-order chi connectivity index (χ0) is 15.2. The lowest BCUT2D eigenvalue weighted by atomic mass is 10.0. The third-order valence-corrected chi connectivity index (χ3v) is 4.02. The molecule has 1 heterocycles. The molecule has 1 N–H and O–H groups in total. The van der Waals surface area contributed by atoms with Gasteiger partial charge in [0.25, 0.3) is 0 Å². The minimum Gasteiger partial charge on any atom is -0.310 e. The zero-order valence-electron chi connectivity index (χ0n) is 12.4. The highest BCUT2D eigenvalue weighted by atomic mass is 79.9. The quantitative estimate of drug-likeness (QED) is 0.824. The Hall–Kier alpha value is -1.26. The van der Waals surface area contributed by atoms with E-state index in [0.29, 0.717) is 4.47 Å². The van der Waals surface area contributed by atoms with Crippen molar-refractivity contribution in [2.45, 2.75) is 32.7 Å². The number of aromatic nitrogens is 1. The summed E-state index contributed by atoms with van der Waals surface area (Å²) in [5.74, 6) is -0.229. The molecule has 112 valence electrons. The van der Waals surface area contributed by atoms with Crippen LogP contribution in [-0.2, 0) is 6.42 Å². The molecule has 1 aromatic heterocycles. The summed E-state index contributed by atoms with van der Waals surface area (Å²) < 4.78 is 14.3. The van der Waals surface area contributed by atoms with E-state index in [1.165, 1.54) is 0 Å². The van der Waals surface area contributed by atoms with Gasteiger partial charge >= 0.3 is 0 Å². The van der Waals surface area contributed by atoms with Crippen molar-refractivity contribution in [3.05, 3.63) is 63.6 Å². The Morgan fingerprint density at radius 1 is 1.29 bits per heavy atom. The van der Waals surface area contributed by atoms with Crippen LogP contribution in [0.4, 0.5) is 4.39 Å². The maximum atomic E-state index is 13.8. The molecule has 0 aliphatic heterocycles. The van der Waals surface area contributed by atoms with Crippen molar-refractivity contribution in [1.29, 1.82) is 0 Å². The van der Waals surface area contributed by atoms with E-state index >= 15 is 0 Å². The number of aryl methyl sites for hydroxylation is 1. The molecule has 4 heteroatoms. The molecule has 0 saturated carbocycles. The van der Waals surface area contributed by atoms with E-state index < -0.39 is 0 Å². The first-order valence-electron chi connectivity index (χ1n) is 7.20. The fraction of sp³-hybridized carbons (Fsp3) is 0.353. The van der Waals surface area contributed by atoms with Crippen LogP contribution < -0.4 is 5.32 Å². The van der Waals surface area contributed by atoms with E-state index in [1.807, 2.05) is 25.3 Å². The van der Waals surface area contributed by atoms with E-state index in [-0.39, 0.29) is 11.9 Å². The monoisotopic (exact) mass is 350 g/mol. The van der Waals surface area contributed by atoms with Crippen LogP contribution in [0.2, 0.25) is 0 Å². The van der Waals surface area contributed by atoms with Gasteiger partial charge in [-0.25, -0.2) is 4.39 Å². The van der Waals surface area contributed by atoms with E-state index in [2.05, 4.69) is 39.2 Å². The van der Waals surface area contributed by atoms with Crippen LogP contribution in [0.3, 0.4) is 0 Å². The second kappa shape index (κ2) is 7.66. The highest BCUT2D eigenvalue weighted by molar-refractivity contribution is 9.10. The number of nitrogens with zero attached hydrogens (tertiary/aromatic N) is 1. The molecule has 1 atom stereocenters. The summed E-state index contributed by atoms with van der Waals surface area (Å²) in [5.41, 5.74) is 3.11. The Morgan fingerprint density at radius 2 is 2.10 bits per heavy atom. The molecule has 1 unspecified atom stereocenters. The molecule has 1 aromatic carbocycles. The van der Waals surface area contributed by atoms with Gasteiger partial charge < -0.3 is 5.32 Å². The maximum absolute atomic E-state index is 13.8. The van der Waals surface area contributed by atoms with Gasteiger partial charge in [-0.1, -0.05) is 19.1 Å². The Morgan fingerprint density at radius 3 is 2.71 bits per heavy atom. The fourth-order valence-corrected chi connectivity index (χ4v) is 2.43. The van der Waals surface area contributed by atoms with Crippen LogP contribution in [0, 0.1) is 12.7 Å². The third kappa shape index (κ3) is 4.61.